The summed E-state index contributed by atoms with van der Waals surface area (Å²) in [6.07, 6.45) is -1.52. The number of nitrogens with one attached hydrogen (secondary N) is 3. The molecular formula is C35H42F4N8O5. The molecule has 2 aliphatic rings. The van der Waals surface area contributed by atoms with Crippen LogP contribution in [-0.2, 0) is 9.59 Å². The van der Waals surface area contributed by atoms with E-state index in [-0.39, 0.29) is 36.1 Å². The minimum atomic E-state index is -5.08. The van der Waals surface area contributed by atoms with E-state index in [1.54, 1.807) is 30.0 Å². The monoisotopic (exact) mass is 730 g/mol. The van der Waals surface area contributed by atoms with Gasteiger partial charge in [-0.15, -0.1) is 0 Å². The summed E-state index contributed by atoms with van der Waals surface area (Å²) < 4.78 is 47.3. The maximum atomic E-state index is 13.8. The molecule has 2 aliphatic carbocycles. The van der Waals surface area contributed by atoms with Gasteiger partial charge >= 0.3 is 12.1 Å². The van der Waals surface area contributed by atoms with Crippen LogP contribution in [0.1, 0.15) is 68.5 Å². The van der Waals surface area contributed by atoms with Crippen molar-refractivity contribution in [3.8, 4) is 0 Å². The molecule has 8 N–H and O–H groups in total. The number of carboxylic acid groups (broad SMARTS) is 1. The zero-order chi connectivity index (χ0) is 37.6. The lowest BCUT2D eigenvalue weighted by atomic mass is 9.91. The number of aliphatic hydroxyl groups excluding tert-OH is 2. The number of rotatable bonds is 10. The second kappa shape index (κ2) is 16.6. The van der Waals surface area contributed by atoms with Gasteiger partial charge in [0.1, 0.15) is 18.0 Å². The van der Waals surface area contributed by atoms with Gasteiger partial charge in [-0.3, -0.25) is 4.79 Å². The van der Waals surface area contributed by atoms with Crippen LogP contribution in [0.2, 0.25) is 0 Å². The highest BCUT2D eigenvalue weighted by Crippen LogP contribution is 2.35. The van der Waals surface area contributed by atoms with Crippen LogP contribution in [0.5, 0.6) is 0 Å². The second-order valence-corrected chi connectivity index (χ2v) is 13.0. The van der Waals surface area contributed by atoms with Crippen molar-refractivity contribution in [1.29, 1.82) is 0 Å². The molecule has 1 unspecified atom stereocenters. The maximum absolute atomic E-state index is 13.8. The van der Waals surface area contributed by atoms with E-state index in [2.05, 4.69) is 20.9 Å². The van der Waals surface area contributed by atoms with Gasteiger partial charge in [0.2, 0.25) is 11.9 Å². The third kappa shape index (κ3) is 9.32. The molecule has 0 bridgehead atoms. The highest BCUT2D eigenvalue weighted by Gasteiger charge is 2.44. The summed E-state index contributed by atoms with van der Waals surface area (Å²) in [5, 5.41) is 38.8. The number of carbonyl (C=O) groups excluding carboxylic acids is 1. The standard InChI is InChI=1S/C33H41FN8O3.C2HF3O2/c1-2-27(43)39-25-16-26(30(45)29(25)44)42-18-37-28-31(40-33(41-32(28)42)38-23-14-12-22(35)13-15-23)36-17-24(19-6-4-3-5-7-19)20-8-10-21(34)11-9-20;3-2(4,5)1(6)7/h3-11,18,22-26,29-30,44-45H,2,12-17,35H2,1H3,(H,39,43)(H2,36,38,40,41);(H,6,7)/t22?,23?,24?,25-,26+,29+,30-;/m0./s1. The Kier molecular flexibility index (Phi) is 12.3. The number of carbonyl (C=O) groups is 2. The minimum Gasteiger partial charge on any atom is -0.475 e. The predicted molar refractivity (Wildman–Crippen MR) is 184 cm³/mol. The zero-order valence-corrected chi connectivity index (χ0v) is 28.3. The van der Waals surface area contributed by atoms with Crippen LogP contribution in [0.4, 0.5) is 29.3 Å². The average Bonchev–Trinajstić information content (AvgIpc) is 3.66. The second-order valence-electron chi connectivity index (χ2n) is 13.0. The van der Waals surface area contributed by atoms with Crippen LogP contribution in [0.3, 0.4) is 0 Å². The number of hydrogen-bond acceptors (Lipinski definition) is 10. The molecule has 2 aromatic heterocycles. The summed E-state index contributed by atoms with van der Waals surface area (Å²) in [6.45, 7) is 2.19. The molecule has 2 fully saturated rings. The van der Waals surface area contributed by atoms with Gasteiger partial charge in [-0.05, 0) is 55.4 Å². The number of nitrogens with zero attached hydrogens (tertiary/aromatic N) is 4. The van der Waals surface area contributed by atoms with Gasteiger partial charge in [-0.1, -0.05) is 49.4 Å². The minimum absolute atomic E-state index is 0.107. The molecule has 4 aromatic rings. The number of halogens is 4. The zero-order valence-electron chi connectivity index (χ0n) is 28.3. The highest BCUT2D eigenvalue weighted by atomic mass is 19.4. The molecule has 52 heavy (non-hydrogen) atoms. The van der Waals surface area contributed by atoms with Crippen molar-refractivity contribution in [3.63, 3.8) is 0 Å². The van der Waals surface area contributed by atoms with Crippen LogP contribution in [0.15, 0.2) is 60.9 Å². The Bertz CT molecular complexity index is 1800. The van der Waals surface area contributed by atoms with Crippen LogP contribution in [-0.4, -0.2) is 89.8 Å². The van der Waals surface area contributed by atoms with Crippen molar-refractivity contribution < 1.29 is 42.5 Å². The van der Waals surface area contributed by atoms with Crippen molar-refractivity contribution in [2.45, 2.75) is 93.9 Å². The molecule has 2 heterocycles. The maximum Gasteiger partial charge on any atom is 0.490 e. The van der Waals surface area contributed by atoms with Crippen LogP contribution < -0.4 is 21.7 Å². The number of alkyl halides is 3. The van der Waals surface area contributed by atoms with Gasteiger partial charge in [0, 0.05) is 31.0 Å². The predicted octanol–water partition coefficient (Wildman–Crippen LogP) is 4.09. The van der Waals surface area contributed by atoms with E-state index in [1.165, 1.54) is 12.1 Å². The Balaban J connectivity index is 0.000000679. The number of anilines is 2. The van der Waals surface area contributed by atoms with Gasteiger partial charge in [-0.2, -0.15) is 23.1 Å². The summed E-state index contributed by atoms with van der Waals surface area (Å²) in [4.78, 5) is 35.4. The third-order valence-electron chi connectivity index (χ3n) is 9.39. The molecule has 0 saturated heterocycles. The van der Waals surface area contributed by atoms with Crippen LogP contribution in [0, 0.1) is 5.82 Å². The van der Waals surface area contributed by atoms with E-state index in [0.717, 1.165) is 36.8 Å². The molecule has 280 valence electrons. The van der Waals surface area contributed by atoms with E-state index in [9.17, 15) is 32.6 Å². The van der Waals surface area contributed by atoms with Gasteiger partial charge in [0.25, 0.3) is 0 Å². The molecule has 5 atom stereocenters. The normalized spacial score (nSPS) is 23.7. The highest BCUT2D eigenvalue weighted by molar-refractivity contribution is 5.84. The van der Waals surface area contributed by atoms with E-state index < -0.39 is 36.4 Å². The first-order valence-electron chi connectivity index (χ1n) is 17.0. The first-order valence-corrected chi connectivity index (χ1v) is 17.0. The SMILES string of the molecule is CCC(=O)N[C@H]1C[C@@H](n2cnc3c(NCC(c4ccccc4)c4ccc(F)cc4)nc(NC4CCC(N)CC4)nc32)[C@H](O)[C@@H]1O.O=C(O)C(F)(F)F. The Labute approximate surface area is 296 Å². The number of imidazole rings is 1. The van der Waals surface area contributed by atoms with Crippen molar-refractivity contribution in [1.82, 2.24) is 24.8 Å². The lowest BCUT2D eigenvalue weighted by Crippen LogP contribution is -2.42. The molecular weight excluding hydrogens is 688 g/mol. The van der Waals surface area contributed by atoms with Gasteiger partial charge < -0.3 is 41.6 Å². The Morgan fingerprint density at radius 1 is 0.981 bits per heavy atom. The van der Waals surface area contributed by atoms with Crippen LogP contribution >= 0.6 is 0 Å². The van der Waals surface area contributed by atoms with Crippen molar-refractivity contribution in [3.05, 3.63) is 77.9 Å². The molecule has 2 saturated carbocycles. The number of nitrogens with two attached hydrogens (primary N) is 1. The lowest BCUT2D eigenvalue weighted by molar-refractivity contribution is -0.192. The molecule has 0 radical (unpaired) electrons. The third-order valence-corrected chi connectivity index (χ3v) is 9.39. The number of fused-ring (bicyclic) bond motifs is 1. The van der Waals surface area contributed by atoms with Gasteiger partial charge in [0.15, 0.2) is 17.0 Å². The topological polar surface area (TPSA) is 201 Å². The molecule has 6 rings (SSSR count). The number of aliphatic carboxylic acids is 1. The first kappa shape index (κ1) is 38.4. The van der Waals surface area contributed by atoms with E-state index in [4.69, 9.17) is 25.6 Å². The lowest BCUT2D eigenvalue weighted by Gasteiger charge is -2.27. The van der Waals surface area contributed by atoms with Crippen LogP contribution in [0.25, 0.3) is 11.2 Å². The van der Waals surface area contributed by atoms with E-state index in [1.807, 2.05) is 30.3 Å². The molecule has 0 aliphatic heterocycles. The average molecular weight is 731 g/mol. The molecule has 0 spiro atoms. The number of amides is 1. The number of aliphatic hydroxyl groups is 2. The smallest absolute Gasteiger partial charge is 0.475 e. The summed E-state index contributed by atoms with van der Waals surface area (Å²) >= 11 is 0. The number of benzene rings is 2. The number of hydrogen-bond donors (Lipinski definition) is 7. The summed E-state index contributed by atoms with van der Waals surface area (Å²) in [6, 6.07) is 15.7. The Hall–Kier alpha value is -4.87. The molecule has 1 amide bonds. The number of carboxylic acids is 1. The fourth-order valence-corrected chi connectivity index (χ4v) is 6.54. The summed E-state index contributed by atoms with van der Waals surface area (Å²) in [7, 11) is 0. The fourth-order valence-electron chi connectivity index (χ4n) is 6.54. The quantitative estimate of drug-likeness (QED) is 0.116. The van der Waals surface area contributed by atoms with E-state index >= 15 is 0 Å². The largest absolute Gasteiger partial charge is 0.490 e. The summed E-state index contributed by atoms with van der Waals surface area (Å²) in [5.41, 5.74) is 9.17. The van der Waals surface area contributed by atoms with E-state index in [0.29, 0.717) is 35.9 Å². The molecule has 2 aromatic carbocycles. The molecule has 13 nitrogen and oxygen atoms in total. The first-order chi connectivity index (χ1) is 24.7. The van der Waals surface area contributed by atoms with Crippen molar-refractivity contribution >= 4 is 34.8 Å². The summed E-state index contributed by atoms with van der Waals surface area (Å²) in [5.74, 6) is -2.41. The van der Waals surface area contributed by atoms with Crippen molar-refractivity contribution in [2.75, 3.05) is 17.2 Å². The van der Waals surface area contributed by atoms with Gasteiger partial charge in [-0.25, -0.2) is 14.2 Å². The number of aromatic nitrogens is 4. The van der Waals surface area contributed by atoms with Gasteiger partial charge in [0.05, 0.1) is 18.4 Å². The van der Waals surface area contributed by atoms with Crippen molar-refractivity contribution in [2.24, 2.45) is 5.73 Å². The Morgan fingerprint density at radius 2 is 1.62 bits per heavy atom. The Morgan fingerprint density at radius 3 is 2.23 bits per heavy atom. The molecule has 17 heteroatoms. The fraction of sp³-hybridized carbons (Fsp3) is 0.457.